The highest BCUT2D eigenvalue weighted by atomic mass is 32.2. The molecular formula is C17H16N4O4S. The molecule has 0 fully saturated rings. The molecule has 0 radical (unpaired) electrons. The molecule has 1 amide bonds. The smallest absolute Gasteiger partial charge is 0.345 e. The maximum absolute atomic E-state index is 12.6. The second-order valence-electron chi connectivity index (χ2n) is 5.38. The van der Waals surface area contributed by atoms with Crippen molar-refractivity contribution in [1.29, 1.82) is 0 Å². The van der Waals surface area contributed by atoms with Gasteiger partial charge in [-0.05, 0) is 42.5 Å². The fourth-order valence-corrected chi connectivity index (χ4v) is 3.21. The van der Waals surface area contributed by atoms with E-state index in [9.17, 15) is 13.2 Å². The fourth-order valence-electron chi connectivity index (χ4n) is 2.29. The zero-order valence-electron chi connectivity index (χ0n) is 14.1. The molecule has 2 aromatic rings. The van der Waals surface area contributed by atoms with Crippen LogP contribution in [0.5, 0.6) is 5.75 Å². The SMILES string of the molecule is COc1ccc(C2=NS(=O)(=O)N(C)C(C(=O)Nc3cccnc3)=C2)cc1. The van der Waals surface area contributed by atoms with E-state index < -0.39 is 16.1 Å². The highest BCUT2D eigenvalue weighted by molar-refractivity contribution is 7.88. The first-order valence-electron chi connectivity index (χ1n) is 7.57. The number of aromatic nitrogens is 1. The van der Waals surface area contributed by atoms with Gasteiger partial charge in [-0.25, -0.2) is 4.31 Å². The van der Waals surface area contributed by atoms with Crippen molar-refractivity contribution in [3.63, 3.8) is 0 Å². The first kappa shape index (κ1) is 17.6. The second kappa shape index (κ2) is 6.96. The van der Waals surface area contributed by atoms with Gasteiger partial charge in [0.25, 0.3) is 5.91 Å². The summed E-state index contributed by atoms with van der Waals surface area (Å²) in [7, 11) is -1.20. The lowest BCUT2D eigenvalue weighted by Gasteiger charge is -2.23. The van der Waals surface area contributed by atoms with Crippen LogP contribution >= 0.6 is 0 Å². The Morgan fingerprint density at radius 2 is 1.92 bits per heavy atom. The van der Waals surface area contributed by atoms with Crippen LogP contribution in [0.4, 0.5) is 5.69 Å². The van der Waals surface area contributed by atoms with Crippen molar-refractivity contribution in [2.75, 3.05) is 19.5 Å². The van der Waals surface area contributed by atoms with Crippen LogP contribution in [0.25, 0.3) is 0 Å². The Morgan fingerprint density at radius 3 is 2.54 bits per heavy atom. The number of allylic oxidation sites excluding steroid dienone is 1. The molecule has 1 aromatic heterocycles. The molecule has 0 saturated heterocycles. The number of amides is 1. The summed E-state index contributed by atoms with van der Waals surface area (Å²) >= 11 is 0. The number of rotatable bonds is 4. The standard InChI is InChI=1S/C17H16N4O4S/c1-21-16(17(22)19-13-4-3-9-18-11-13)10-15(20-26(21,23)24)12-5-7-14(25-2)8-6-12/h3-11H,1-2H3,(H,19,22). The van der Waals surface area contributed by atoms with E-state index in [2.05, 4.69) is 14.7 Å². The number of nitrogens with one attached hydrogen (secondary N) is 1. The van der Waals surface area contributed by atoms with Gasteiger partial charge < -0.3 is 10.1 Å². The zero-order valence-corrected chi connectivity index (χ0v) is 14.9. The number of anilines is 1. The second-order valence-corrected chi connectivity index (χ2v) is 7.00. The Morgan fingerprint density at radius 1 is 1.19 bits per heavy atom. The lowest BCUT2D eigenvalue weighted by atomic mass is 10.1. The van der Waals surface area contributed by atoms with E-state index in [-0.39, 0.29) is 11.4 Å². The normalized spacial score (nSPS) is 15.7. The van der Waals surface area contributed by atoms with E-state index in [4.69, 9.17) is 4.74 Å². The summed E-state index contributed by atoms with van der Waals surface area (Å²) < 4.78 is 34.4. The van der Waals surface area contributed by atoms with E-state index in [1.807, 2.05) is 0 Å². The number of hydrogen-bond acceptors (Lipinski definition) is 5. The Labute approximate surface area is 151 Å². The van der Waals surface area contributed by atoms with Gasteiger partial charge >= 0.3 is 10.2 Å². The quantitative estimate of drug-likeness (QED) is 0.878. The molecule has 0 unspecified atom stereocenters. The zero-order chi connectivity index (χ0) is 18.7. The number of ether oxygens (including phenoxy) is 1. The van der Waals surface area contributed by atoms with E-state index in [0.717, 1.165) is 4.31 Å². The van der Waals surface area contributed by atoms with Gasteiger partial charge in [0, 0.05) is 18.8 Å². The number of likely N-dealkylation sites (N-methyl/N-ethyl adjacent to an activating group) is 1. The van der Waals surface area contributed by atoms with Gasteiger partial charge in [-0.2, -0.15) is 8.42 Å². The maximum Gasteiger partial charge on any atom is 0.345 e. The molecule has 9 heteroatoms. The third kappa shape index (κ3) is 3.57. The number of pyridine rings is 1. The van der Waals surface area contributed by atoms with Crippen molar-refractivity contribution in [2.24, 2.45) is 4.40 Å². The summed E-state index contributed by atoms with van der Waals surface area (Å²) in [5.41, 5.74) is 1.13. The molecule has 2 heterocycles. The van der Waals surface area contributed by atoms with Gasteiger partial charge in [0.15, 0.2) is 0 Å². The lowest BCUT2D eigenvalue weighted by molar-refractivity contribution is -0.113. The van der Waals surface area contributed by atoms with Crippen LogP contribution in [0.3, 0.4) is 0 Å². The molecule has 8 nitrogen and oxygen atoms in total. The average Bonchev–Trinajstić information content (AvgIpc) is 2.64. The third-order valence-electron chi connectivity index (χ3n) is 3.71. The first-order chi connectivity index (χ1) is 12.4. The van der Waals surface area contributed by atoms with Crippen LogP contribution in [-0.4, -0.2) is 43.5 Å². The Hall–Kier alpha value is -3.20. The topological polar surface area (TPSA) is 101 Å². The summed E-state index contributed by atoms with van der Waals surface area (Å²) in [6.07, 6.45) is 4.46. The summed E-state index contributed by atoms with van der Waals surface area (Å²) in [6.45, 7) is 0. The predicted octanol–water partition coefficient (Wildman–Crippen LogP) is 1.59. The summed E-state index contributed by atoms with van der Waals surface area (Å²) in [6, 6.07) is 10.0. The molecule has 0 saturated carbocycles. The first-order valence-corrected chi connectivity index (χ1v) is 8.97. The number of carbonyl (C=O) groups is 1. The highest BCUT2D eigenvalue weighted by Crippen LogP contribution is 2.22. The molecule has 1 aromatic carbocycles. The monoisotopic (exact) mass is 372 g/mol. The minimum absolute atomic E-state index is 0.0466. The van der Waals surface area contributed by atoms with E-state index in [1.54, 1.807) is 42.6 Å². The van der Waals surface area contributed by atoms with Gasteiger partial charge in [-0.15, -0.1) is 4.40 Å². The molecule has 26 heavy (non-hydrogen) atoms. The molecule has 1 N–H and O–H groups in total. The molecule has 1 aliphatic rings. The molecule has 0 atom stereocenters. The van der Waals surface area contributed by atoms with Gasteiger partial charge in [0.1, 0.15) is 11.4 Å². The largest absolute Gasteiger partial charge is 0.497 e. The highest BCUT2D eigenvalue weighted by Gasteiger charge is 2.30. The van der Waals surface area contributed by atoms with Crippen molar-refractivity contribution in [3.8, 4) is 5.75 Å². The molecular weight excluding hydrogens is 356 g/mol. The maximum atomic E-state index is 12.6. The fraction of sp³-hybridized carbons (Fsp3) is 0.118. The molecule has 134 valence electrons. The molecule has 1 aliphatic heterocycles. The number of benzene rings is 1. The summed E-state index contributed by atoms with van der Waals surface area (Å²) in [5, 5.41) is 2.62. The van der Waals surface area contributed by atoms with Crippen molar-refractivity contribution >= 4 is 27.5 Å². The minimum Gasteiger partial charge on any atom is -0.497 e. The van der Waals surface area contributed by atoms with Crippen LogP contribution in [0, 0.1) is 0 Å². The Balaban J connectivity index is 1.96. The minimum atomic E-state index is -4.02. The summed E-state index contributed by atoms with van der Waals surface area (Å²) in [4.78, 5) is 16.5. The van der Waals surface area contributed by atoms with Crippen LogP contribution in [0.1, 0.15) is 5.56 Å². The lowest BCUT2D eigenvalue weighted by Crippen LogP contribution is -2.35. The number of hydrogen-bond donors (Lipinski definition) is 1. The van der Waals surface area contributed by atoms with E-state index in [0.29, 0.717) is 17.0 Å². The van der Waals surface area contributed by atoms with Crippen molar-refractivity contribution in [1.82, 2.24) is 9.29 Å². The molecule has 3 rings (SSSR count). The predicted molar refractivity (Wildman–Crippen MR) is 97.2 cm³/mol. The van der Waals surface area contributed by atoms with Crippen molar-refractivity contribution in [3.05, 3.63) is 66.1 Å². The van der Waals surface area contributed by atoms with E-state index in [1.165, 1.54) is 26.4 Å². The van der Waals surface area contributed by atoms with Crippen LogP contribution in [0.2, 0.25) is 0 Å². The molecule has 0 bridgehead atoms. The van der Waals surface area contributed by atoms with Crippen molar-refractivity contribution < 1.29 is 17.9 Å². The van der Waals surface area contributed by atoms with Crippen LogP contribution < -0.4 is 10.1 Å². The molecule has 0 aliphatic carbocycles. The number of methoxy groups -OCH3 is 1. The van der Waals surface area contributed by atoms with Gasteiger partial charge in [-0.1, -0.05) is 0 Å². The van der Waals surface area contributed by atoms with Gasteiger partial charge in [0.2, 0.25) is 0 Å². The average molecular weight is 372 g/mol. The van der Waals surface area contributed by atoms with Crippen LogP contribution in [0.15, 0.2) is 65.0 Å². The van der Waals surface area contributed by atoms with Gasteiger partial charge in [0.05, 0.1) is 24.7 Å². The van der Waals surface area contributed by atoms with E-state index >= 15 is 0 Å². The Bertz CT molecular complexity index is 983. The summed E-state index contributed by atoms with van der Waals surface area (Å²) in [5.74, 6) is 0.0497. The molecule has 0 spiro atoms. The van der Waals surface area contributed by atoms with Crippen LogP contribution in [-0.2, 0) is 15.0 Å². The Kier molecular flexibility index (Phi) is 4.72. The third-order valence-corrected chi connectivity index (χ3v) is 5.03. The van der Waals surface area contributed by atoms with Gasteiger partial charge in [-0.3, -0.25) is 9.78 Å². The number of carbonyl (C=O) groups excluding carboxylic acids is 1. The number of nitrogens with zero attached hydrogens (tertiary/aromatic N) is 3. The van der Waals surface area contributed by atoms with Crippen molar-refractivity contribution in [2.45, 2.75) is 0 Å².